The van der Waals surface area contributed by atoms with Gasteiger partial charge in [0.1, 0.15) is 6.67 Å². The Bertz CT molecular complexity index is 1590. The fourth-order valence-electron chi connectivity index (χ4n) is 4.29. The molecule has 5 rings (SSSR count). The molecule has 3 aromatic heterocycles. The van der Waals surface area contributed by atoms with Crippen LogP contribution < -0.4 is 15.6 Å². The lowest BCUT2D eigenvalue weighted by molar-refractivity contribution is 0.413. The maximum atomic E-state index is 13.8. The number of rotatable bonds is 8. The lowest BCUT2D eigenvalue weighted by atomic mass is 10.1. The summed E-state index contributed by atoms with van der Waals surface area (Å²) in [6, 6.07) is 4.50. The van der Waals surface area contributed by atoms with Crippen LogP contribution in [0.3, 0.4) is 0 Å². The number of hydrogen-bond donors (Lipinski definition) is 1. The lowest BCUT2D eigenvalue weighted by Crippen LogP contribution is -2.42. The number of aryl methyl sites for hydroxylation is 2. The van der Waals surface area contributed by atoms with Crippen molar-refractivity contribution in [2.24, 2.45) is 7.05 Å². The Balaban J connectivity index is 1.71. The topological polar surface area (TPSA) is 128 Å². The van der Waals surface area contributed by atoms with Gasteiger partial charge in [0, 0.05) is 25.0 Å². The number of alkyl halides is 1. The first-order valence-corrected chi connectivity index (χ1v) is 12.3. The summed E-state index contributed by atoms with van der Waals surface area (Å²) in [5, 5.41) is 4.26. The number of nitrogens with zero attached hydrogens (tertiary/aromatic N) is 7. The van der Waals surface area contributed by atoms with Gasteiger partial charge in [0.25, 0.3) is 16.8 Å². The van der Waals surface area contributed by atoms with Gasteiger partial charge in [-0.3, -0.25) is 37.4 Å². The molecular weight excluding hydrogens is 489 g/mol. The molecule has 1 fully saturated rings. The van der Waals surface area contributed by atoms with Crippen molar-refractivity contribution >= 4 is 27.9 Å². The Kier molecular flexibility index (Phi) is 6.04. The van der Waals surface area contributed by atoms with Crippen LogP contribution in [0.5, 0.6) is 0 Å². The monoisotopic (exact) mass is 513 g/mol. The van der Waals surface area contributed by atoms with Crippen molar-refractivity contribution in [3.05, 3.63) is 80.8 Å². The molecule has 36 heavy (non-hydrogen) atoms. The van der Waals surface area contributed by atoms with Crippen LogP contribution in [0.25, 0.3) is 10.9 Å². The summed E-state index contributed by atoms with van der Waals surface area (Å²) in [7, 11) is 1.73. The molecular formula is C23H24FN7O4S. The van der Waals surface area contributed by atoms with Crippen molar-refractivity contribution in [3.63, 3.8) is 0 Å². The first kappa shape index (κ1) is 24.0. The Morgan fingerprint density at radius 3 is 2.50 bits per heavy atom. The van der Waals surface area contributed by atoms with Crippen molar-refractivity contribution in [3.8, 4) is 0 Å². The van der Waals surface area contributed by atoms with E-state index in [9.17, 15) is 22.7 Å². The van der Waals surface area contributed by atoms with E-state index in [-0.39, 0.29) is 24.2 Å². The van der Waals surface area contributed by atoms with E-state index in [2.05, 4.69) is 15.1 Å². The second-order valence-electron chi connectivity index (χ2n) is 9.02. The summed E-state index contributed by atoms with van der Waals surface area (Å²) >= 11 is -2.50. The van der Waals surface area contributed by atoms with E-state index in [0.29, 0.717) is 29.6 Å². The van der Waals surface area contributed by atoms with E-state index in [1.807, 2.05) is 0 Å². The van der Waals surface area contributed by atoms with Gasteiger partial charge in [0.2, 0.25) is 0 Å². The summed E-state index contributed by atoms with van der Waals surface area (Å²) in [5.41, 5.74) is 0.261. The van der Waals surface area contributed by atoms with Gasteiger partial charge in [-0.2, -0.15) is 5.10 Å². The average molecular weight is 514 g/mol. The number of aromatic nitrogens is 6. The summed E-state index contributed by atoms with van der Waals surface area (Å²) in [6.07, 6.45) is 7.27. The molecule has 11 nitrogen and oxygen atoms in total. The molecule has 4 aromatic rings. The maximum absolute atomic E-state index is 13.8. The number of anilines is 1. The molecule has 3 heterocycles. The largest absolute Gasteiger partial charge is 0.332 e. The minimum atomic E-state index is -2.50. The molecule has 0 saturated heterocycles. The van der Waals surface area contributed by atoms with Gasteiger partial charge in [-0.25, -0.2) is 13.4 Å². The van der Waals surface area contributed by atoms with Crippen LogP contribution >= 0.6 is 0 Å². The van der Waals surface area contributed by atoms with Crippen molar-refractivity contribution in [1.29, 1.82) is 0 Å². The standard InChI is InChI=1S/C23H24FN7O4S/c1-15-8-26-17(10-25-15)13-29-20-4-3-18(31(36(34)35)23(14-24)5-6-23)7-19(20)21(32)30(22(29)33)12-16-9-27-28(2)11-16/h3-4,7-11H,5-6,12-14H2,1-2H3,(H,34,35). The molecule has 0 spiro atoms. The first-order valence-electron chi connectivity index (χ1n) is 11.2. The summed E-state index contributed by atoms with van der Waals surface area (Å²) < 4.78 is 41.1. The number of fused-ring (bicyclic) bond motifs is 1. The van der Waals surface area contributed by atoms with Crippen LogP contribution in [0.15, 0.2) is 52.6 Å². The third-order valence-corrected chi connectivity index (χ3v) is 7.27. The van der Waals surface area contributed by atoms with Gasteiger partial charge >= 0.3 is 5.69 Å². The molecule has 0 amide bonds. The van der Waals surface area contributed by atoms with Gasteiger partial charge in [-0.05, 0) is 38.0 Å². The van der Waals surface area contributed by atoms with Gasteiger partial charge in [-0.1, -0.05) is 0 Å². The summed E-state index contributed by atoms with van der Waals surface area (Å²) in [5.74, 6) is 0. The highest BCUT2D eigenvalue weighted by molar-refractivity contribution is 7.80. The van der Waals surface area contributed by atoms with Crippen LogP contribution in [-0.4, -0.2) is 49.9 Å². The number of benzene rings is 1. The average Bonchev–Trinajstić information content (AvgIpc) is 3.53. The molecule has 1 N–H and O–H groups in total. The highest BCUT2D eigenvalue weighted by Gasteiger charge is 2.51. The zero-order valence-corrected chi connectivity index (χ0v) is 20.5. The second kappa shape index (κ2) is 9.06. The smallest absolute Gasteiger partial charge is 0.289 e. The molecule has 1 saturated carbocycles. The van der Waals surface area contributed by atoms with Crippen molar-refractivity contribution in [1.82, 2.24) is 28.9 Å². The minimum Gasteiger partial charge on any atom is -0.289 e. The molecule has 1 aliphatic rings. The molecule has 1 unspecified atom stereocenters. The molecule has 1 aromatic carbocycles. The molecule has 1 aliphatic carbocycles. The normalized spacial score (nSPS) is 15.2. The highest BCUT2D eigenvalue weighted by Crippen LogP contribution is 2.45. The van der Waals surface area contributed by atoms with Crippen LogP contribution in [0.1, 0.15) is 29.8 Å². The van der Waals surface area contributed by atoms with E-state index < -0.39 is 34.7 Å². The predicted molar refractivity (Wildman–Crippen MR) is 132 cm³/mol. The third-order valence-electron chi connectivity index (χ3n) is 6.36. The predicted octanol–water partition coefficient (Wildman–Crippen LogP) is 1.54. The van der Waals surface area contributed by atoms with Crippen LogP contribution in [-0.2, 0) is 31.4 Å². The van der Waals surface area contributed by atoms with Gasteiger partial charge in [0.15, 0.2) is 0 Å². The Morgan fingerprint density at radius 2 is 1.92 bits per heavy atom. The Morgan fingerprint density at radius 1 is 1.14 bits per heavy atom. The first-order chi connectivity index (χ1) is 17.2. The van der Waals surface area contributed by atoms with Crippen LogP contribution in [0, 0.1) is 6.92 Å². The Labute approximate surface area is 207 Å². The molecule has 13 heteroatoms. The van der Waals surface area contributed by atoms with E-state index in [4.69, 9.17) is 0 Å². The van der Waals surface area contributed by atoms with Gasteiger partial charge in [-0.15, -0.1) is 0 Å². The van der Waals surface area contributed by atoms with Crippen LogP contribution in [0.2, 0.25) is 0 Å². The molecule has 0 radical (unpaired) electrons. The molecule has 0 bridgehead atoms. The fourth-order valence-corrected chi connectivity index (χ4v) is 5.15. The molecule has 0 aliphatic heterocycles. The molecule has 188 valence electrons. The van der Waals surface area contributed by atoms with E-state index >= 15 is 0 Å². The molecule has 1 atom stereocenters. The van der Waals surface area contributed by atoms with Crippen molar-refractivity contribution < 1.29 is 13.2 Å². The van der Waals surface area contributed by atoms with Crippen LogP contribution in [0.4, 0.5) is 10.1 Å². The second-order valence-corrected chi connectivity index (χ2v) is 9.84. The zero-order chi connectivity index (χ0) is 25.6. The van der Waals surface area contributed by atoms with Crippen molar-refractivity contribution in [2.75, 3.05) is 11.0 Å². The third kappa shape index (κ3) is 4.24. The van der Waals surface area contributed by atoms with Gasteiger partial charge < -0.3 is 0 Å². The number of halogens is 1. The highest BCUT2D eigenvalue weighted by atomic mass is 32.2. The summed E-state index contributed by atoms with van der Waals surface area (Å²) in [6.45, 7) is 1.04. The SMILES string of the molecule is Cc1cnc(Cn2c(=O)n(Cc3cnn(C)c3)c(=O)c3cc(N(S(=O)O)C4(CF)CC4)ccc32)cn1. The van der Waals surface area contributed by atoms with Crippen molar-refractivity contribution in [2.45, 2.75) is 38.4 Å². The van der Waals surface area contributed by atoms with E-state index in [1.165, 1.54) is 22.8 Å². The lowest BCUT2D eigenvalue weighted by Gasteiger charge is -2.28. The zero-order valence-electron chi connectivity index (χ0n) is 19.7. The maximum Gasteiger partial charge on any atom is 0.332 e. The van der Waals surface area contributed by atoms with E-state index in [0.717, 1.165) is 14.6 Å². The number of hydrogen-bond acceptors (Lipinski definition) is 6. The Hall–Kier alpha value is -3.71. The van der Waals surface area contributed by atoms with Gasteiger partial charge in [0.05, 0.1) is 59.0 Å². The quantitative estimate of drug-likeness (QED) is 0.354. The fraction of sp³-hybridized carbons (Fsp3) is 0.348. The summed E-state index contributed by atoms with van der Waals surface area (Å²) in [4.78, 5) is 35.7. The van der Waals surface area contributed by atoms with E-state index in [1.54, 1.807) is 43.4 Å². The minimum absolute atomic E-state index is 0.0185.